The molecule has 0 N–H and O–H groups in total. The average Bonchev–Trinajstić information content (AvgIpc) is 2.30. The average molecular weight is 214 g/mol. The zero-order valence-corrected chi connectivity index (χ0v) is 9.31. The van der Waals surface area contributed by atoms with E-state index < -0.39 is 0 Å². The van der Waals surface area contributed by atoms with Gasteiger partial charge < -0.3 is 0 Å². The van der Waals surface area contributed by atoms with Crippen molar-refractivity contribution >= 4 is 16.7 Å². The van der Waals surface area contributed by atoms with Crippen molar-refractivity contribution in [2.24, 2.45) is 0 Å². The largest absolute Gasteiger partial charge is 0.299 e. The summed E-state index contributed by atoms with van der Waals surface area (Å²) in [4.78, 5) is 20.0. The molecule has 0 radical (unpaired) electrons. The quantitative estimate of drug-likeness (QED) is 0.785. The lowest BCUT2D eigenvalue weighted by Gasteiger charge is -2.03. The van der Waals surface area contributed by atoms with Gasteiger partial charge in [0.05, 0.1) is 11.2 Å². The Bertz CT molecular complexity index is 503. The molecular formula is C13H14N2O. The Balaban J connectivity index is 2.33. The first kappa shape index (κ1) is 10.7. The number of nitrogens with zero attached hydrogens (tertiary/aromatic N) is 2. The molecule has 0 atom stereocenters. The Hall–Kier alpha value is -1.77. The monoisotopic (exact) mass is 214 g/mol. The summed E-state index contributed by atoms with van der Waals surface area (Å²) in [6.07, 6.45) is 3.45. The molecule has 0 aliphatic carbocycles. The maximum absolute atomic E-state index is 11.6. The number of carbonyl (C=O) groups is 1. The number of hydrogen-bond donors (Lipinski definition) is 0. The van der Waals surface area contributed by atoms with Gasteiger partial charge in [0, 0.05) is 18.2 Å². The van der Waals surface area contributed by atoms with Gasteiger partial charge in [-0.3, -0.25) is 4.79 Å². The number of hydrogen-bond acceptors (Lipinski definition) is 3. The van der Waals surface area contributed by atoms with Crippen molar-refractivity contribution in [3.8, 4) is 0 Å². The molecule has 3 nitrogen and oxygen atoms in total. The van der Waals surface area contributed by atoms with Crippen LogP contribution in [0.4, 0.5) is 0 Å². The van der Waals surface area contributed by atoms with Gasteiger partial charge in [-0.2, -0.15) is 0 Å². The summed E-state index contributed by atoms with van der Waals surface area (Å²) in [5.41, 5.74) is 1.74. The van der Waals surface area contributed by atoms with Crippen LogP contribution in [-0.2, 0) is 11.2 Å². The molecule has 3 heteroatoms. The highest BCUT2D eigenvalue weighted by molar-refractivity contribution is 5.87. The lowest BCUT2D eigenvalue weighted by atomic mass is 10.1. The summed E-state index contributed by atoms with van der Waals surface area (Å²) in [5, 5.41) is 0.981. The van der Waals surface area contributed by atoms with Gasteiger partial charge in [-0.05, 0) is 12.5 Å². The van der Waals surface area contributed by atoms with Gasteiger partial charge in [0.25, 0.3) is 0 Å². The third kappa shape index (κ3) is 2.24. The molecule has 0 saturated heterocycles. The predicted octanol–water partition coefficient (Wildman–Crippen LogP) is 2.54. The van der Waals surface area contributed by atoms with Gasteiger partial charge >= 0.3 is 0 Å². The maximum atomic E-state index is 11.6. The van der Waals surface area contributed by atoms with Crippen molar-refractivity contribution in [2.45, 2.75) is 26.2 Å². The highest BCUT2D eigenvalue weighted by Gasteiger charge is 2.07. The van der Waals surface area contributed by atoms with E-state index in [0.29, 0.717) is 12.8 Å². The van der Waals surface area contributed by atoms with E-state index in [-0.39, 0.29) is 5.78 Å². The Morgan fingerprint density at radius 3 is 2.88 bits per heavy atom. The van der Waals surface area contributed by atoms with Crippen LogP contribution in [0, 0.1) is 0 Å². The minimum absolute atomic E-state index is 0.242. The molecule has 0 saturated carbocycles. The molecule has 82 valence electrons. The van der Waals surface area contributed by atoms with E-state index >= 15 is 0 Å². The van der Waals surface area contributed by atoms with Crippen LogP contribution in [-0.4, -0.2) is 15.8 Å². The SMILES string of the molecule is CCCC(=O)Cc1ncnc2ccccc12. The lowest BCUT2D eigenvalue weighted by molar-refractivity contribution is -0.118. The molecule has 0 bridgehead atoms. The standard InChI is InChI=1S/C13H14N2O/c1-2-5-10(16)8-13-11-6-3-4-7-12(11)14-9-15-13/h3-4,6-7,9H,2,5,8H2,1H3. The van der Waals surface area contributed by atoms with Gasteiger partial charge in [-0.15, -0.1) is 0 Å². The molecule has 1 heterocycles. The molecule has 1 aromatic carbocycles. The fraction of sp³-hybridized carbons (Fsp3) is 0.308. The molecule has 0 fully saturated rings. The smallest absolute Gasteiger partial charge is 0.138 e. The molecule has 1 aromatic heterocycles. The molecule has 2 rings (SSSR count). The maximum Gasteiger partial charge on any atom is 0.138 e. The number of aromatic nitrogens is 2. The van der Waals surface area contributed by atoms with Crippen molar-refractivity contribution in [1.82, 2.24) is 9.97 Å². The van der Waals surface area contributed by atoms with Crippen molar-refractivity contribution in [2.75, 3.05) is 0 Å². The number of Topliss-reactive ketones (excluding diaryl/α,β-unsaturated/α-hetero) is 1. The van der Waals surface area contributed by atoms with Crippen LogP contribution in [0.15, 0.2) is 30.6 Å². The normalized spacial score (nSPS) is 10.6. The topological polar surface area (TPSA) is 42.9 Å². The first-order valence-corrected chi connectivity index (χ1v) is 5.51. The second kappa shape index (κ2) is 4.84. The molecule has 16 heavy (non-hydrogen) atoms. The van der Waals surface area contributed by atoms with Crippen molar-refractivity contribution in [3.63, 3.8) is 0 Å². The van der Waals surface area contributed by atoms with E-state index in [0.717, 1.165) is 23.0 Å². The Morgan fingerprint density at radius 1 is 1.25 bits per heavy atom. The number of para-hydroxylation sites is 1. The summed E-state index contributed by atoms with van der Waals surface area (Å²) in [5.74, 6) is 0.242. The van der Waals surface area contributed by atoms with Gasteiger partial charge in [0.2, 0.25) is 0 Å². The van der Waals surface area contributed by atoms with E-state index in [1.54, 1.807) is 0 Å². The highest BCUT2D eigenvalue weighted by Crippen LogP contribution is 2.15. The van der Waals surface area contributed by atoms with Crippen LogP contribution in [0.25, 0.3) is 10.9 Å². The number of fused-ring (bicyclic) bond motifs is 1. The number of carbonyl (C=O) groups excluding carboxylic acids is 1. The Kier molecular flexibility index (Phi) is 3.25. The molecule has 0 unspecified atom stereocenters. The van der Waals surface area contributed by atoms with Gasteiger partial charge in [0.15, 0.2) is 0 Å². The summed E-state index contributed by atoms with van der Waals surface area (Å²) in [7, 11) is 0. The first-order valence-electron chi connectivity index (χ1n) is 5.51. The van der Waals surface area contributed by atoms with Crippen molar-refractivity contribution in [1.29, 1.82) is 0 Å². The summed E-state index contributed by atoms with van der Waals surface area (Å²) in [6.45, 7) is 2.01. The van der Waals surface area contributed by atoms with Crippen LogP contribution >= 0.6 is 0 Å². The third-order valence-electron chi connectivity index (χ3n) is 2.52. The second-order valence-corrected chi connectivity index (χ2v) is 3.80. The van der Waals surface area contributed by atoms with E-state index in [9.17, 15) is 4.79 Å². The van der Waals surface area contributed by atoms with E-state index in [2.05, 4.69) is 9.97 Å². The fourth-order valence-electron chi connectivity index (χ4n) is 1.76. The van der Waals surface area contributed by atoms with Crippen molar-refractivity contribution in [3.05, 3.63) is 36.3 Å². The zero-order chi connectivity index (χ0) is 11.4. The van der Waals surface area contributed by atoms with E-state index in [1.165, 1.54) is 6.33 Å². The van der Waals surface area contributed by atoms with Crippen LogP contribution < -0.4 is 0 Å². The van der Waals surface area contributed by atoms with Gasteiger partial charge in [0.1, 0.15) is 12.1 Å². The number of ketones is 1. The van der Waals surface area contributed by atoms with Gasteiger partial charge in [-0.1, -0.05) is 25.1 Å². The van der Waals surface area contributed by atoms with Crippen molar-refractivity contribution < 1.29 is 4.79 Å². The summed E-state index contributed by atoms with van der Waals surface area (Å²) >= 11 is 0. The Labute approximate surface area is 94.5 Å². The van der Waals surface area contributed by atoms with Gasteiger partial charge in [-0.25, -0.2) is 9.97 Å². The number of rotatable bonds is 4. The number of benzene rings is 1. The van der Waals surface area contributed by atoms with E-state index in [4.69, 9.17) is 0 Å². The van der Waals surface area contributed by atoms with Crippen LogP contribution in [0.5, 0.6) is 0 Å². The third-order valence-corrected chi connectivity index (χ3v) is 2.52. The summed E-state index contributed by atoms with van der Waals surface area (Å²) in [6, 6.07) is 7.78. The predicted molar refractivity (Wildman–Crippen MR) is 63.2 cm³/mol. The molecule has 0 amide bonds. The van der Waals surface area contributed by atoms with Crippen LogP contribution in [0.3, 0.4) is 0 Å². The van der Waals surface area contributed by atoms with Crippen LogP contribution in [0.2, 0.25) is 0 Å². The zero-order valence-electron chi connectivity index (χ0n) is 9.31. The summed E-state index contributed by atoms with van der Waals surface area (Å²) < 4.78 is 0. The molecule has 0 aliphatic heterocycles. The second-order valence-electron chi connectivity index (χ2n) is 3.80. The Morgan fingerprint density at radius 2 is 2.06 bits per heavy atom. The minimum Gasteiger partial charge on any atom is -0.299 e. The molecule has 2 aromatic rings. The fourth-order valence-corrected chi connectivity index (χ4v) is 1.76. The molecule has 0 aliphatic rings. The van der Waals surface area contributed by atoms with E-state index in [1.807, 2.05) is 31.2 Å². The first-order chi connectivity index (χ1) is 7.81. The highest BCUT2D eigenvalue weighted by atomic mass is 16.1. The van der Waals surface area contributed by atoms with Crippen LogP contribution in [0.1, 0.15) is 25.5 Å². The lowest BCUT2D eigenvalue weighted by Crippen LogP contribution is -2.04. The minimum atomic E-state index is 0.242. The molecule has 0 spiro atoms. The molecular weight excluding hydrogens is 200 g/mol.